The normalized spacial score (nSPS) is 12.7. The number of rotatable bonds is 6. The molecule has 0 saturated carbocycles. The summed E-state index contributed by atoms with van der Waals surface area (Å²) < 4.78 is 67.0. The van der Waals surface area contributed by atoms with Crippen molar-refractivity contribution in [2.24, 2.45) is 0 Å². The Morgan fingerprint density at radius 2 is 2.16 bits per heavy atom. The largest absolute Gasteiger partial charge is 0.755 e. The molecule has 1 aromatic carbocycles. The van der Waals surface area contributed by atoms with Crippen LogP contribution in [0.1, 0.15) is 25.3 Å². The molecule has 0 saturated heterocycles. The molecule has 6 nitrogen and oxygen atoms in total. The number of benzene rings is 1. The minimum atomic E-state index is -4.62. The number of esters is 1. The second-order valence-electron chi connectivity index (χ2n) is 4.75. The highest BCUT2D eigenvalue weighted by atomic mass is 32.2. The summed E-state index contributed by atoms with van der Waals surface area (Å²) in [4.78, 5) is 15.3. The number of anilines is 2. The van der Waals surface area contributed by atoms with Crippen molar-refractivity contribution in [2.75, 3.05) is 4.31 Å². The fourth-order valence-electron chi connectivity index (χ4n) is 1.83. The highest BCUT2D eigenvalue weighted by Gasteiger charge is 2.31. The summed E-state index contributed by atoms with van der Waals surface area (Å²) in [6, 6.07) is 3.82. The molecule has 0 aliphatic heterocycles. The Morgan fingerprint density at radius 3 is 2.76 bits per heavy atom. The average molecular weight is 393 g/mol. The van der Waals surface area contributed by atoms with E-state index in [1.54, 1.807) is 6.92 Å². The molecule has 0 N–H and O–H groups in total. The van der Waals surface area contributed by atoms with Crippen LogP contribution in [-0.4, -0.2) is 19.7 Å². The van der Waals surface area contributed by atoms with Gasteiger partial charge >= 0.3 is 12.1 Å². The Hall–Kier alpha value is -1.98. The summed E-state index contributed by atoms with van der Waals surface area (Å²) in [5.74, 6) is -0.508. The number of carbonyl (C=O) groups is 1. The number of nitrogens with zero attached hydrogens (tertiary/aromatic N) is 2. The fraction of sp³-hybridized carbons (Fsp3) is 0.286. The van der Waals surface area contributed by atoms with Gasteiger partial charge in [0.2, 0.25) is 10.2 Å². The SMILES string of the molecule is CCCC(=O)Oc1cnc(N(c2cccc(C(F)(F)F)c2)S(=O)[O-])s1. The van der Waals surface area contributed by atoms with Crippen molar-refractivity contribution in [1.29, 1.82) is 0 Å². The molecule has 2 rings (SSSR count). The molecule has 0 fully saturated rings. The third kappa shape index (κ3) is 5.00. The molecule has 2 aromatic rings. The Balaban J connectivity index is 2.32. The first-order chi connectivity index (χ1) is 11.7. The van der Waals surface area contributed by atoms with Crippen molar-refractivity contribution >= 4 is 39.4 Å². The number of aromatic nitrogens is 1. The second-order valence-corrected chi connectivity index (χ2v) is 6.52. The van der Waals surface area contributed by atoms with E-state index in [0.717, 1.165) is 29.7 Å². The van der Waals surface area contributed by atoms with Crippen LogP contribution in [0.2, 0.25) is 0 Å². The minimum absolute atomic E-state index is 0.0517. The molecule has 1 atom stereocenters. The quantitative estimate of drug-likeness (QED) is 0.551. The van der Waals surface area contributed by atoms with E-state index in [0.29, 0.717) is 16.8 Å². The van der Waals surface area contributed by atoms with E-state index in [1.807, 2.05) is 0 Å². The van der Waals surface area contributed by atoms with E-state index in [4.69, 9.17) is 4.74 Å². The smallest absolute Gasteiger partial charge is 0.416 e. The molecule has 0 aliphatic carbocycles. The lowest BCUT2D eigenvalue weighted by molar-refractivity contribution is -0.137. The van der Waals surface area contributed by atoms with Gasteiger partial charge in [-0.1, -0.05) is 24.3 Å². The fourth-order valence-corrected chi connectivity index (χ4v) is 3.30. The zero-order chi connectivity index (χ0) is 18.6. The van der Waals surface area contributed by atoms with Crippen molar-refractivity contribution in [3.05, 3.63) is 36.0 Å². The van der Waals surface area contributed by atoms with Crippen molar-refractivity contribution < 1.29 is 31.5 Å². The number of thiazole rings is 1. The van der Waals surface area contributed by atoms with Crippen LogP contribution < -0.4 is 9.04 Å². The van der Waals surface area contributed by atoms with Crippen molar-refractivity contribution in [3.8, 4) is 5.06 Å². The maximum absolute atomic E-state index is 12.8. The third-order valence-electron chi connectivity index (χ3n) is 2.87. The lowest BCUT2D eigenvalue weighted by atomic mass is 10.2. The number of halogens is 3. The molecule has 136 valence electrons. The number of ether oxygens (including phenoxy) is 1. The molecular formula is C14H12F3N2O4S2-. The van der Waals surface area contributed by atoms with Gasteiger partial charge in [-0.05, 0) is 24.6 Å². The molecule has 0 radical (unpaired) electrons. The molecule has 1 heterocycles. The maximum atomic E-state index is 12.8. The lowest BCUT2D eigenvalue weighted by Gasteiger charge is -2.24. The van der Waals surface area contributed by atoms with Crippen molar-refractivity contribution in [3.63, 3.8) is 0 Å². The first-order valence-corrected chi connectivity index (χ1v) is 8.80. The number of alkyl halides is 3. The monoisotopic (exact) mass is 393 g/mol. The number of carbonyl (C=O) groups excluding carboxylic acids is 1. The highest BCUT2D eigenvalue weighted by Crippen LogP contribution is 2.37. The minimum Gasteiger partial charge on any atom is -0.755 e. The van der Waals surface area contributed by atoms with Gasteiger partial charge in [0.25, 0.3) is 0 Å². The standard InChI is InChI=1S/C14H13F3N2O4S2/c1-2-4-11(20)23-12-8-18-13(24-12)19(25(21)22)10-6-3-5-9(7-10)14(15,16)17/h3,5-8H,2,4H2,1H3,(H,21,22)/p-1. The predicted molar refractivity (Wildman–Crippen MR) is 85.2 cm³/mol. The Kier molecular flexibility index (Phi) is 6.14. The van der Waals surface area contributed by atoms with Gasteiger partial charge in [0.15, 0.2) is 0 Å². The summed E-state index contributed by atoms with van der Waals surface area (Å²) in [5.41, 5.74) is -1.23. The van der Waals surface area contributed by atoms with Gasteiger partial charge < -0.3 is 9.29 Å². The molecule has 1 unspecified atom stereocenters. The lowest BCUT2D eigenvalue weighted by Crippen LogP contribution is -2.20. The summed E-state index contributed by atoms with van der Waals surface area (Å²) in [5, 5.41) is -0.0946. The molecule has 1 aromatic heterocycles. The predicted octanol–water partition coefficient (Wildman–Crippen LogP) is 3.80. The summed E-state index contributed by atoms with van der Waals surface area (Å²) >= 11 is -2.19. The van der Waals surface area contributed by atoms with E-state index in [9.17, 15) is 26.7 Å². The maximum Gasteiger partial charge on any atom is 0.416 e. The summed E-state index contributed by atoms with van der Waals surface area (Å²) in [6.07, 6.45) is -2.72. The number of hydrogen-bond acceptors (Lipinski definition) is 6. The zero-order valence-electron chi connectivity index (χ0n) is 12.8. The first-order valence-electron chi connectivity index (χ1n) is 6.95. The molecular weight excluding hydrogens is 381 g/mol. The van der Waals surface area contributed by atoms with Crippen LogP contribution in [0.4, 0.5) is 24.0 Å². The van der Waals surface area contributed by atoms with E-state index < -0.39 is 29.0 Å². The molecule has 0 amide bonds. The Morgan fingerprint density at radius 1 is 1.44 bits per heavy atom. The van der Waals surface area contributed by atoms with E-state index >= 15 is 0 Å². The average Bonchev–Trinajstić information content (AvgIpc) is 2.94. The molecule has 11 heteroatoms. The van der Waals surface area contributed by atoms with Crippen molar-refractivity contribution in [1.82, 2.24) is 4.98 Å². The van der Waals surface area contributed by atoms with Gasteiger partial charge in [-0.3, -0.25) is 9.00 Å². The zero-order valence-corrected chi connectivity index (χ0v) is 14.4. The van der Waals surface area contributed by atoms with Gasteiger partial charge in [0.05, 0.1) is 28.7 Å². The van der Waals surface area contributed by atoms with Gasteiger partial charge in [-0.15, -0.1) is 0 Å². The second kappa shape index (κ2) is 7.93. The topological polar surface area (TPSA) is 82.6 Å². The third-order valence-corrected chi connectivity index (χ3v) is 4.53. The van der Waals surface area contributed by atoms with Crippen LogP contribution in [0.25, 0.3) is 0 Å². The molecule has 0 spiro atoms. The Labute approximate surface area is 147 Å². The number of hydrogen-bond donors (Lipinski definition) is 0. The van der Waals surface area contributed by atoms with E-state index in [-0.39, 0.29) is 22.3 Å². The van der Waals surface area contributed by atoms with Crippen LogP contribution in [0.3, 0.4) is 0 Å². The molecule has 25 heavy (non-hydrogen) atoms. The van der Waals surface area contributed by atoms with Gasteiger partial charge in [-0.25, -0.2) is 9.29 Å². The Bertz CT molecular complexity index is 779. The highest BCUT2D eigenvalue weighted by molar-refractivity contribution is 7.81. The van der Waals surface area contributed by atoms with E-state index in [2.05, 4.69) is 4.98 Å². The van der Waals surface area contributed by atoms with Crippen LogP contribution in [0.15, 0.2) is 30.5 Å². The van der Waals surface area contributed by atoms with Crippen LogP contribution in [0.5, 0.6) is 5.06 Å². The summed E-state index contributed by atoms with van der Waals surface area (Å²) in [6.45, 7) is 1.79. The van der Waals surface area contributed by atoms with Crippen LogP contribution >= 0.6 is 11.3 Å². The van der Waals surface area contributed by atoms with Crippen molar-refractivity contribution in [2.45, 2.75) is 25.9 Å². The van der Waals surface area contributed by atoms with Crippen LogP contribution in [0, 0.1) is 0 Å². The first kappa shape index (κ1) is 19.3. The van der Waals surface area contributed by atoms with Crippen LogP contribution in [-0.2, 0) is 22.2 Å². The van der Waals surface area contributed by atoms with Gasteiger partial charge in [0.1, 0.15) is 0 Å². The molecule has 0 bridgehead atoms. The summed E-state index contributed by atoms with van der Waals surface area (Å²) in [7, 11) is 0. The van der Waals surface area contributed by atoms with Gasteiger partial charge in [-0.2, -0.15) is 13.2 Å². The molecule has 0 aliphatic rings. The van der Waals surface area contributed by atoms with Gasteiger partial charge in [0, 0.05) is 6.42 Å². The van der Waals surface area contributed by atoms with E-state index in [1.165, 1.54) is 6.07 Å².